The van der Waals surface area contributed by atoms with Crippen LogP contribution in [0.4, 0.5) is 11.4 Å². The molecule has 1 fully saturated rings. The summed E-state index contributed by atoms with van der Waals surface area (Å²) in [6, 6.07) is 14.4. The first-order valence-corrected chi connectivity index (χ1v) is 9.70. The number of hydrogen-bond acceptors (Lipinski definition) is 2. The maximum absolute atomic E-state index is 12.4. The predicted octanol–water partition coefficient (Wildman–Crippen LogP) is 2.87. The molecule has 0 radical (unpaired) electrons. The highest BCUT2D eigenvalue weighted by atomic mass is 35.5. The second-order valence-electron chi connectivity index (χ2n) is 6.76. The van der Waals surface area contributed by atoms with Gasteiger partial charge in [-0.25, -0.2) is 0 Å². The van der Waals surface area contributed by atoms with E-state index >= 15 is 0 Å². The first-order valence-electron chi connectivity index (χ1n) is 8.95. The SMILES string of the molecule is O=C(C[NH+]1CCC(C(=O)Nc2ccccc2)CC1)Nc1cc(Cl)cc(Cl)c1. The minimum atomic E-state index is -0.0875. The van der Waals surface area contributed by atoms with E-state index in [-0.39, 0.29) is 17.7 Å². The number of amides is 2. The van der Waals surface area contributed by atoms with Crippen molar-refractivity contribution in [1.29, 1.82) is 0 Å². The Morgan fingerprint density at radius 2 is 1.56 bits per heavy atom. The van der Waals surface area contributed by atoms with E-state index in [0.29, 0.717) is 22.3 Å². The van der Waals surface area contributed by atoms with Crippen molar-refractivity contribution < 1.29 is 14.5 Å². The molecule has 2 aromatic rings. The van der Waals surface area contributed by atoms with E-state index in [1.165, 1.54) is 4.90 Å². The lowest BCUT2D eigenvalue weighted by Crippen LogP contribution is -3.14. The first kappa shape index (κ1) is 19.7. The van der Waals surface area contributed by atoms with Crippen LogP contribution in [0.5, 0.6) is 0 Å². The van der Waals surface area contributed by atoms with Crippen molar-refractivity contribution in [2.75, 3.05) is 30.3 Å². The van der Waals surface area contributed by atoms with Crippen LogP contribution in [0.3, 0.4) is 0 Å². The van der Waals surface area contributed by atoms with Crippen LogP contribution >= 0.6 is 23.2 Å². The van der Waals surface area contributed by atoms with Crippen LogP contribution < -0.4 is 15.5 Å². The molecule has 27 heavy (non-hydrogen) atoms. The molecular formula is C20H22Cl2N3O2+. The summed E-state index contributed by atoms with van der Waals surface area (Å²) in [5, 5.41) is 6.75. The molecule has 1 aliphatic rings. The Balaban J connectivity index is 1.45. The van der Waals surface area contributed by atoms with Crippen molar-refractivity contribution >= 4 is 46.4 Å². The average Bonchev–Trinajstić information content (AvgIpc) is 2.62. The lowest BCUT2D eigenvalue weighted by atomic mass is 9.96. The summed E-state index contributed by atoms with van der Waals surface area (Å²) in [6.07, 6.45) is 1.54. The van der Waals surface area contributed by atoms with Gasteiger partial charge in [-0.15, -0.1) is 0 Å². The van der Waals surface area contributed by atoms with Crippen LogP contribution in [0.15, 0.2) is 48.5 Å². The number of carbonyl (C=O) groups excluding carboxylic acids is 2. The molecule has 1 heterocycles. The number of piperidine rings is 1. The molecule has 3 N–H and O–H groups in total. The molecule has 0 atom stereocenters. The summed E-state index contributed by atoms with van der Waals surface area (Å²) >= 11 is 11.9. The maximum Gasteiger partial charge on any atom is 0.279 e. The molecule has 0 spiro atoms. The third-order valence-electron chi connectivity index (χ3n) is 4.66. The van der Waals surface area contributed by atoms with Crippen LogP contribution in [0.1, 0.15) is 12.8 Å². The van der Waals surface area contributed by atoms with E-state index in [2.05, 4.69) is 10.6 Å². The van der Waals surface area contributed by atoms with Crippen molar-refractivity contribution in [2.24, 2.45) is 5.92 Å². The molecule has 3 rings (SSSR count). The van der Waals surface area contributed by atoms with Gasteiger partial charge in [-0.1, -0.05) is 41.4 Å². The zero-order valence-electron chi connectivity index (χ0n) is 14.8. The zero-order chi connectivity index (χ0) is 19.2. The molecule has 1 aliphatic heterocycles. The second-order valence-corrected chi connectivity index (χ2v) is 7.64. The van der Waals surface area contributed by atoms with Crippen molar-refractivity contribution in [1.82, 2.24) is 0 Å². The molecule has 0 aliphatic carbocycles. The Kier molecular flexibility index (Phi) is 6.72. The Morgan fingerprint density at radius 3 is 2.19 bits per heavy atom. The average molecular weight is 407 g/mol. The van der Waals surface area contributed by atoms with Crippen molar-refractivity contribution in [3.63, 3.8) is 0 Å². The van der Waals surface area contributed by atoms with Gasteiger partial charge < -0.3 is 15.5 Å². The molecular weight excluding hydrogens is 385 g/mol. The highest BCUT2D eigenvalue weighted by Crippen LogP contribution is 2.22. The molecule has 0 aromatic heterocycles. The molecule has 0 bridgehead atoms. The first-order chi connectivity index (χ1) is 13.0. The number of quaternary nitrogens is 1. The van der Waals surface area contributed by atoms with Gasteiger partial charge in [0.2, 0.25) is 5.91 Å². The Bertz CT molecular complexity index is 786. The topological polar surface area (TPSA) is 62.6 Å². The van der Waals surface area contributed by atoms with Gasteiger partial charge in [-0.05, 0) is 30.3 Å². The normalized spacial score (nSPS) is 19.3. The third-order valence-corrected chi connectivity index (χ3v) is 5.10. The second kappa shape index (κ2) is 9.22. The third kappa shape index (κ3) is 5.96. The van der Waals surface area contributed by atoms with E-state index in [9.17, 15) is 9.59 Å². The van der Waals surface area contributed by atoms with Gasteiger partial charge in [0.05, 0.1) is 13.1 Å². The summed E-state index contributed by atoms with van der Waals surface area (Å²) in [7, 11) is 0. The van der Waals surface area contributed by atoms with Crippen molar-refractivity contribution in [3.8, 4) is 0 Å². The fraction of sp³-hybridized carbons (Fsp3) is 0.300. The smallest absolute Gasteiger partial charge is 0.279 e. The van der Waals surface area contributed by atoms with E-state index in [0.717, 1.165) is 31.6 Å². The van der Waals surface area contributed by atoms with Gasteiger partial charge >= 0.3 is 0 Å². The highest BCUT2D eigenvalue weighted by Gasteiger charge is 2.28. The fourth-order valence-corrected chi connectivity index (χ4v) is 3.82. The lowest BCUT2D eigenvalue weighted by Gasteiger charge is -2.28. The molecule has 7 heteroatoms. The molecule has 2 amide bonds. The zero-order valence-corrected chi connectivity index (χ0v) is 16.3. The van der Waals surface area contributed by atoms with Gasteiger partial charge in [0.1, 0.15) is 0 Å². The number of para-hydroxylation sites is 1. The van der Waals surface area contributed by atoms with Gasteiger partial charge in [-0.3, -0.25) is 9.59 Å². The maximum atomic E-state index is 12.4. The van der Waals surface area contributed by atoms with Crippen LogP contribution in [0.2, 0.25) is 10.0 Å². The highest BCUT2D eigenvalue weighted by molar-refractivity contribution is 6.35. The number of likely N-dealkylation sites (tertiary alicyclic amines) is 1. The van der Waals surface area contributed by atoms with E-state index in [4.69, 9.17) is 23.2 Å². The number of carbonyl (C=O) groups is 2. The van der Waals surface area contributed by atoms with Gasteiger partial charge in [0, 0.05) is 40.2 Å². The molecule has 2 aromatic carbocycles. The Labute approximate surface area is 168 Å². The quantitative estimate of drug-likeness (QED) is 0.714. The number of anilines is 2. The Morgan fingerprint density at radius 1 is 0.926 bits per heavy atom. The van der Waals surface area contributed by atoms with Gasteiger partial charge in [-0.2, -0.15) is 0 Å². The van der Waals surface area contributed by atoms with E-state index < -0.39 is 0 Å². The number of nitrogens with one attached hydrogen (secondary N) is 3. The minimum Gasteiger partial charge on any atom is -0.327 e. The van der Waals surface area contributed by atoms with E-state index in [1.807, 2.05) is 30.3 Å². The monoisotopic (exact) mass is 406 g/mol. The van der Waals surface area contributed by atoms with Crippen molar-refractivity contribution in [2.45, 2.75) is 12.8 Å². The van der Waals surface area contributed by atoms with Crippen LogP contribution in [0, 0.1) is 5.92 Å². The largest absolute Gasteiger partial charge is 0.327 e. The molecule has 142 valence electrons. The summed E-state index contributed by atoms with van der Waals surface area (Å²) in [5.41, 5.74) is 1.41. The standard InChI is InChI=1S/C20H21Cl2N3O2/c21-15-10-16(22)12-18(11-15)23-19(26)13-25-8-6-14(7-9-25)20(27)24-17-4-2-1-3-5-17/h1-5,10-12,14H,6-9,13H2,(H,23,26)(H,24,27)/p+1. The summed E-state index contributed by atoms with van der Waals surface area (Å²) in [6.45, 7) is 1.93. The number of rotatable bonds is 5. The summed E-state index contributed by atoms with van der Waals surface area (Å²) < 4.78 is 0. The fourth-order valence-electron chi connectivity index (χ4n) is 3.29. The predicted molar refractivity (Wildman–Crippen MR) is 108 cm³/mol. The molecule has 5 nitrogen and oxygen atoms in total. The summed E-state index contributed by atoms with van der Waals surface area (Å²) in [4.78, 5) is 25.8. The van der Waals surface area contributed by atoms with E-state index in [1.54, 1.807) is 18.2 Å². The summed E-state index contributed by atoms with van der Waals surface area (Å²) in [5.74, 6) is -0.0439. The Hall–Kier alpha value is -2.08. The van der Waals surface area contributed by atoms with Crippen LogP contribution in [-0.2, 0) is 9.59 Å². The minimum absolute atomic E-state index is 0.0104. The van der Waals surface area contributed by atoms with Crippen molar-refractivity contribution in [3.05, 3.63) is 58.6 Å². The number of halogens is 2. The van der Waals surface area contributed by atoms with Gasteiger partial charge in [0.25, 0.3) is 5.91 Å². The number of benzene rings is 2. The molecule has 1 saturated heterocycles. The molecule has 0 saturated carbocycles. The molecule has 0 unspecified atom stereocenters. The van der Waals surface area contributed by atoms with Crippen LogP contribution in [0.25, 0.3) is 0 Å². The van der Waals surface area contributed by atoms with Crippen LogP contribution in [-0.4, -0.2) is 31.4 Å². The van der Waals surface area contributed by atoms with Gasteiger partial charge in [0.15, 0.2) is 6.54 Å². The lowest BCUT2D eigenvalue weighted by molar-refractivity contribution is -0.897. The number of hydrogen-bond donors (Lipinski definition) is 3.